The van der Waals surface area contributed by atoms with Crippen molar-refractivity contribution in [2.45, 2.75) is 38.1 Å². The van der Waals surface area contributed by atoms with Crippen LogP contribution < -0.4 is 21.3 Å². The van der Waals surface area contributed by atoms with Crippen molar-refractivity contribution in [3.63, 3.8) is 0 Å². The fourth-order valence-corrected chi connectivity index (χ4v) is 5.42. The highest BCUT2D eigenvalue weighted by Crippen LogP contribution is 2.38. The third kappa shape index (κ3) is 4.60. The summed E-state index contributed by atoms with van der Waals surface area (Å²) in [4.78, 5) is 24.3. The van der Waals surface area contributed by atoms with Gasteiger partial charge in [0.2, 0.25) is 0 Å². The second kappa shape index (κ2) is 9.64. The first-order valence-electron chi connectivity index (χ1n) is 12.0. The standard InChI is InChI=1S/C26H31FN6O/c1-16-10-17(12-18(28)11-16)20-4-5-30-15-24(20)32-26(34)21-2-3-23(27)22-13-19(14-31-25(21)22)33-8-6-29-7-9-33/h2-5,13-18,29H,6-12,28H2,1H3,(H,32,34)/t16-,17+,18-/m0/s1. The summed E-state index contributed by atoms with van der Waals surface area (Å²) in [6.07, 6.45) is 8.09. The number of nitrogens with zero attached hydrogens (tertiary/aromatic N) is 3. The van der Waals surface area contributed by atoms with Gasteiger partial charge in [0, 0.05) is 43.8 Å². The van der Waals surface area contributed by atoms with Crippen LogP contribution in [0.3, 0.4) is 0 Å². The second-order valence-electron chi connectivity index (χ2n) is 9.61. The summed E-state index contributed by atoms with van der Waals surface area (Å²) in [5, 5.41) is 6.68. The third-order valence-corrected chi connectivity index (χ3v) is 7.03. The molecule has 1 saturated heterocycles. The Kier molecular flexibility index (Phi) is 6.43. The number of hydrogen-bond acceptors (Lipinski definition) is 6. The first-order chi connectivity index (χ1) is 16.5. The van der Waals surface area contributed by atoms with E-state index in [1.165, 1.54) is 12.1 Å². The quantitative estimate of drug-likeness (QED) is 0.548. The Bertz CT molecular complexity index is 1190. The molecule has 34 heavy (non-hydrogen) atoms. The van der Waals surface area contributed by atoms with Crippen LogP contribution >= 0.6 is 0 Å². The number of piperazine rings is 1. The summed E-state index contributed by atoms with van der Waals surface area (Å²) in [5.74, 6) is 0.0837. The molecule has 2 aromatic heterocycles. The minimum absolute atomic E-state index is 0.153. The smallest absolute Gasteiger partial charge is 0.257 e. The molecule has 3 heterocycles. The van der Waals surface area contributed by atoms with Gasteiger partial charge in [-0.25, -0.2) is 4.39 Å². The maximum absolute atomic E-state index is 14.8. The van der Waals surface area contributed by atoms with Gasteiger partial charge in [-0.05, 0) is 60.9 Å². The SMILES string of the molecule is C[C@@H]1C[C@H](N)C[C@H](c2ccncc2NC(=O)c2ccc(F)c3cc(N4CCNCC4)cnc23)C1. The number of nitrogens with one attached hydrogen (secondary N) is 2. The Morgan fingerprint density at radius 3 is 2.79 bits per heavy atom. The van der Waals surface area contributed by atoms with E-state index in [-0.39, 0.29) is 23.7 Å². The number of hydrogen-bond donors (Lipinski definition) is 3. The number of carbonyl (C=O) groups is 1. The van der Waals surface area contributed by atoms with Crippen molar-refractivity contribution in [3.8, 4) is 0 Å². The molecule has 4 N–H and O–H groups in total. The summed E-state index contributed by atoms with van der Waals surface area (Å²) >= 11 is 0. The van der Waals surface area contributed by atoms with E-state index in [4.69, 9.17) is 5.73 Å². The first kappa shape index (κ1) is 22.7. The monoisotopic (exact) mass is 462 g/mol. The fraction of sp³-hybridized carbons (Fsp3) is 0.423. The van der Waals surface area contributed by atoms with Crippen LogP contribution in [0.5, 0.6) is 0 Å². The fourth-order valence-electron chi connectivity index (χ4n) is 5.42. The van der Waals surface area contributed by atoms with Crippen molar-refractivity contribution >= 4 is 28.2 Å². The van der Waals surface area contributed by atoms with E-state index in [2.05, 4.69) is 32.4 Å². The number of amides is 1. The van der Waals surface area contributed by atoms with Crippen LogP contribution in [0.25, 0.3) is 10.9 Å². The molecule has 0 spiro atoms. The molecule has 1 aromatic carbocycles. The number of anilines is 2. The summed E-state index contributed by atoms with van der Waals surface area (Å²) in [5.41, 5.74) is 9.57. The number of rotatable bonds is 4. The zero-order valence-electron chi connectivity index (χ0n) is 19.4. The normalized spacial score (nSPS) is 23.1. The predicted octanol–water partition coefficient (Wildman–Crippen LogP) is 3.66. The third-order valence-electron chi connectivity index (χ3n) is 7.03. The molecule has 0 bridgehead atoms. The molecule has 1 aliphatic heterocycles. The minimum atomic E-state index is -0.386. The molecule has 3 atom stereocenters. The molecule has 8 heteroatoms. The molecule has 2 fully saturated rings. The average molecular weight is 463 g/mol. The molecule has 7 nitrogen and oxygen atoms in total. The second-order valence-corrected chi connectivity index (χ2v) is 9.61. The molecule has 5 rings (SSSR count). The molecular weight excluding hydrogens is 431 g/mol. The van der Waals surface area contributed by atoms with Crippen LogP contribution in [0.15, 0.2) is 42.9 Å². The van der Waals surface area contributed by atoms with Gasteiger partial charge in [-0.3, -0.25) is 14.8 Å². The molecule has 1 aliphatic carbocycles. The molecule has 178 valence electrons. The Hall–Kier alpha value is -3.10. The summed E-state index contributed by atoms with van der Waals surface area (Å²) in [7, 11) is 0. The molecule has 1 saturated carbocycles. The van der Waals surface area contributed by atoms with Crippen molar-refractivity contribution in [2.24, 2.45) is 11.7 Å². The molecular formula is C26H31FN6O. The van der Waals surface area contributed by atoms with Gasteiger partial charge in [-0.2, -0.15) is 0 Å². The Morgan fingerprint density at radius 2 is 2.00 bits per heavy atom. The van der Waals surface area contributed by atoms with Crippen molar-refractivity contribution in [1.29, 1.82) is 0 Å². The van der Waals surface area contributed by atoms with E-state index in [1.807, 2.05) is 6.07 Å². The van der Waals surface area contributed by atoms with E-state index in [0.717, 1.165) is 56.7 Å². The lowest BCUT2D eigenvalue weighted by Crippen LogP contribution is -2.43. The van der Waals surface area contributed by atoms with Crippen LogP contribution in [-0.2, 0) is 0 Å². The summed E-state index contributed by atoms with van der Waals surface area (Å²) in [6.45, 7) is 5.64. The van der Waals surface area contributed by atoms with Crippen molar-refractivity contribution in [1.82, 2.24) is 15.3 Å². The largest absolute Gasteiger partial charge is 0.368 e. The van der Waals surface area contributed by atoms with Crippen molar-refractivity contribution in [3.05, 3.63) is 59.8 Å². The topological polar surface area (TPSA) is 96.2 Å². The Labute approximate surface area is 199 Å². The number of nitrogens with two attached hydrogens (primary N) is 1. The molecule has 0 radical (unpaired) electrons. The number of benzene rings is 1. The maximum atomic E-state index is 14.8. The van der Waals surface area contributed by atoms with Crippen LogP contribution in [0.1, 0.15) is 48.0 Å². The molecule has 1 amide bonds. The van der Waals surface area contributed by atoms with Gasteiger partial charge < -0.3 is 21.3 Å². The first-order valence-corrected chi connectivity index (χ1v) is 12.0. The summed E-state index contributed by atoms with van der Waals surface area (Å²) in [6, 6.07) is 6.75. The molecule has 2 aliphatic rings. The minimum Gasteiger partial charge on any atom is -0.368 e. The number of halogens is 1. The average Bonchev–Trinajstić information content (AvgIpc) is 2.84. The van der Waals surface area contributed by atoms with Gasteiger partial charge in [0.1, 0.15) is 5.82 Å². The van der Waals surface area contributed by atoms with Crippen LogP contribution in [0, 0.1) is 11.7 Å². The van der Waals surface area contributed by atoms with E-state index in [0.29, 0.717) is 28.1 Å². The van der Waals surface area contributed by atoms with E-state index >= 15 is 0 Å². The molecule has 0 unspecified atom stereocenters. The number of carbonyl (C=O) groups excluding carboxylic acids is 1. The molecule has 3 aromatic rings. The van der Waals surface area contributed by atoms with Gasteiger partial charge in [-0.15, -0.1) is 0 Å². The highest BCUT2D eigenvalue weighted by atomic mass is 19.1. The Balaban J connectivity index is 1.44. The predicted molar refractivity (Wildman–Crippen MR) is 133 cm³/mol. The van der Waals surface area contributed by atoms with Crippen molar-refractivity contribution in [2.75, 3.05) is 36.4 Å². The van der Waals surface area contributed by atoms with E-state index in [1.54, 1.807) is 24.7 Å². The van der Waals surface area contributed by atoms with Crippen LogP contribution in [0.2, 0.25) is 0 Å². The highest BCUT2D eigenvalue weighted by Gasteiger charge is 2.28. The zero-order valence-corrected chi connectivity index (χ0v) is 19.4. The van der Waals surface area contributed by atoms with Gasteiger partial charge in [0.05, 0.1) is 34.8 Å². The maximum Gasteiger partial charge on any atom is 0.257 e. The lowest BCUT2D eigenvalue weighted by Gasteiger charge is -2.32. The van der Waals surface area contributed by atoms with E-state index in [9.17, 15) is 9.18 Å². The van der Waals surface area contributed by atoms with Gasteiger partial charge in [0.15, 0.2) is 0 Å². The van der Waals surface area contributed by atoms with Crippen molar-refractivity contribution < 1.29 is 9.18 Å². The lowest BCUT2D eigenvalue weighted by molar-refractivity contribution is 0.102. The van der Waals surface area contributed by atoms with Gasteiger partial charge in [0.25, 0.3) is 5.91 Å². The number of fused-ring (bicyclic) bond motifs is 1. The zero-order chi connectivity index (χ0) is 23.7. The number of aromatic nitrogens is 2. The highest BCUT2D eigenvalue weighted by molar-refractivity contribution is 6.12. The van der Waals surface area contributed by atoms with Crippen LogP contribution in [-0.4, -0.2) is 48.1 Å². The van der Waals surface area contributed by atoms with Gasteiger partial charge >= 0.3 is 0 Å². The number of pyridine rings is 2. The lowest BCUT2D eigenvalue weighted by atomic mass is 9.76. The van der Waals surface area contributed by atoms with Gasteiger partial charge in [-0.1, -0.05) is 6.92 Å². The summed E-state index contributed by atoms with van der Waals surface area (Å²) < 4.78 is 14.8. The Morgan fingerprint density at radius 1 is 1.18 bits per heavy atom. The van der Waals surface area contributed by atoms with E-state index < -0.39 is 0 Å². The van der Waals surface area contributed by atoms with Crippen LogP contribution in [0.4, 0.5) is 15.8 Å².